The number of alkyl halides is 3. The first-order valence-corrected chi connectivity index (χ1v) is 11.3. The first-order chi connectivity index (χ1) is 14.5. The van der Waals surface area contributed by atoms with Crippen molar-refractivity contribution in [3.63, 3.8) is 0 Å². The summed E-state index contributed by atoms with van der Waals surface area (Å²) < 4.78 is 73.1. The molecule has 0 radical (unpaired) electrons. The Hall–Kier alpha value is -2.46. The van der Waals surface area contributed by atoms with Gasteiger partial charge in [0.1, 0.15) is 10.6 Å². The molecule has 0 amide bonds. The van der Waals surface area contributed by atoms with Gasteiger partial charge in [-0.1, -0.05) is 29.8 Å². The molecular formula is C20H21ClF3N3O3S. The van der Waals surface area contributed by atoms with Crippen LogP contribution in [0, 0.1) is 11.3 Å². The highest BCUT2D eigenvalue weighted by molar-refractivity contribution is 7.91. The SMILES string of the molecule is N=C(N)N1CCC(COc2cccc(C(F)(F)F)c2S(=O)(=O)c2ccccc2Cl)CC1. The number of sulfone groups is 1. The van der Waals surface area contributed by atoms with Gasteiger partial charge < -0.3 is 15.4 Å². The third-order valence-electron chi connectivity index (χ3n) is 5.11. The van der Waals surface area contributed by atoms with Crippen LogP contribution >= 0.6 is 11.6 Å². The second kappa shape index (κ2) is 8.96. The van der Waals surface area contributed by atoms with Gasteiger partial charge >= 0.3 is 6.18 Å². The largest absolute Gasteiger partial charge is 0.492 e. The average Bonchev–Trinajstić information content (AvgIpc) is 2.71. The zero-order valence-electron chi connectivity index (χ0n) is 16.3. The van der Waals surface area contributed by atoms with Gasteiger partial charge in [-0.2, -0.15) is 13.2 Å². The summed E-state index contributed by atoms with van der Waals surface area (Å²) in [6.45, 7) is 1.09. The van der Waals surface area contributed by atoms with Crippen molar-refractivity contribution in [1.82, 2.24) is 4.90 Å². The van der Waals surface area contributed by atoms with Crippen LogP contribution < -0.4 is 10.5 Å². The van der Waals surface area contributed by atoms with E-state index >= 15 is 0 Å². The Morgan fingerprint density at radius 2 is 1.81 bits per heavy atom. The highest BCUT2D eigenvalue weighted by atomic mass is 35.5. The monoisotopic (exact) mass is 475 g/mol. The molecule has 0 spiro atoms. The van der Waals surface area contributed by atoms with E-state index in [2.05, 4.69) is 0 Å². The van der Waals surface area contributed by atoms with E-state index in [-0.39, 0.29) is 29.3 Å². The number of ether oxygens (including phenoxy) is 1. The van der Waals surface area contributed by atoms with Crippen LogP contribution in [-0.2, 0) is 16.0 Å². The fraction of sp³-hybridized carbons (Fsp3) is 0.350. The fourth-order valence-corrected chi connectivity index (χ4v) is 5.56. The molecule has 1 aliphatic rings. The Kier molecular flexibility index (Phi) is 6.70. The van der Waals surface area contributed by atoms with Gasteiger partial charge in [-0.05, 0) is 43.0 Å². The van der Waals surface area contributed by atoms with E-state index in [1.54, 1.807) is 4.90 Å². The van der Waals surface area contributed by atoms with Gasteiger partial charge in [0.15, 0.2) is 5.96 Å². The van der Waals surface area contributed by atoms with E-state index in [4.69, 9.17) is 27.5 Å². The first kappa shape index (κ1) is 23.2. The van der Waals surface area contributed by atoms with Crippen molar-refractivity contribution in [2.75, 3.05) is 19.7 Å². The van der Waals surface area contributed by atoms with E-state index in [0.29, 0.717) is 32.0 Å². The number of likely N-dealkylation sites (tertiary alicyclic amines) is 1. The molecule has 6 nitrogen and oxygen atoms in total. The van der Waals surface area contributed by atoms with Gasteiger partial charge in [0.2, 0.25) is 9.84 Å². The molecule has 0 bridgehead atoms. The van der Waals surface area contributed by atoms with E-state index in [9.17, 15) is 21.6 Å². The summed E-state index contributed by atoms with van der Waals surface area (Å²) in [5.74, 6) is -0.421. The van der Waals surface area contributed by atoms with Crippen molar-refractivity contribution in [3.8, 4) is 5.75 Å². The number of nitrogens with two attached hydrogens (primary N) is 1. The topological polar surface area (TPSA) is 96.5 Å². The first-order valence-electron chi connectivity index (χ1n) is 9.43. The Balaban J connectivity index is 1.95. The van der Waals surface area contributed by atoms with E-state index < -0.39 is 31.4 Å². The number of halogens is 4. The molecule has 1 saturated heterocycles. The lowest BCUT2D eigenvalue weighted by Crippen LogP contribution is -2.43. The van der Waals surface area contributed by atoms with Crippen LogP contribution in [0.2, 0.25) is 5.02 Å². The summed E-state index contributed by atoms with van der Waals surface area (Å²) in [7, 11) is -4.62. The summed E-state index contributed by atoms with van der Waals surface area (Å²) in [6.07, 6.45) is -3.67. The van der Waals surface area contributed by atoms with E-state index in [1.165, 1.54) is 24.3 Å². The summed E-state index contributed by atoms with van der Waals surface area (Å²) >= 11 is 5.98. The number of rotatable bonds is 5. The molecule has 11 heteroatoms. The van der Waals surface area contributed by atoms with Crippen LogP contribution in [0.15, 0.2) is 52.3 Å². The van der Waals surface area contributed by atoms with Crippen LogP contribution in [0.5, 0.6) is 5.75 Å². The highest BCUT2D eigenvalue weighted by Crippen LogP contribution is 2.42. The lowest BCUT2D eigenvalue weighted by Gasteiger charge is -2.32. The number of nitrogens with zero attached hydrogens (tertiary/aromatic N) is 1. The second-order valence-corrected chi connectivity index (χ2v) is 9.45. The quantitative estimate of drug-likeness (QED) is 0.499. The minimum absolute atomic E-state index is 0.0130. The molecule has 1 fully saturated rings. The maximum Gasteiger partial charge on any atom is 0.417 e. The van der Waals surface area contributed by atoms with E-state index in [1.807, 2.05) is 0 Å². The van der Waals surface area contributed by atoms with Crippen LogP contribution in [0.25, 0.3) is 0 Å². The minimum atomic E-state index is -4.91. The lowest BCUT2D eigenvalue weighted by molar-refractivity contribution is -0.140. The molecule has 0 atom stereocenters. The number of nitrogens with one attached hydrogen (secondary N) is 1. The molecule has 0 aromatic heterocycles. The second-order valence-electron chi connectivity index (χ2n) is 7.19. The third kappa shape index (κ3) is 5.07. The Bertz CT molecular complexity index is 1070. The molecule has 1 aliphatic heterocycles. The standard InChI is InChI=1S/C20H21ClF3N3O3S/c21-15-5-1-2-7-17(15)31(28,29)18-14(20(22,23)24)4-3-6-16(18)30-12-13-8-10-27(11-9-13)19(25)26/h1-7,13H,8-12H2,(H3,25,26). The van der Waals surface area contributed by atoms with Crippen LogP contribution in [0.1, 0.15) is 18.4 Å². The molecular weight excluding hydrogens is 455 g/mol. The zero-order valence-corrected chi connectivity index (χ0v) is 17.9. The number of piperidine rings is 1. The number of hydrogen-bond acceptors (Lipinski definition) is 4. The molecule has 3 rings (SSSR count). The van der Waals surface area contributed by atoms with Gasteiger partial charge in [0, 0.05) is 13.1 Å². The Labute approximate surface area is 183 Å². The summed E-state index contributed by atoms with van der Waals surface area (Å²) in [5, 5.41) is 7.28. The van der Waals surface area contributed by atoms with Crippen molar-refractivity contribution in [3.05, 3.63) is 53.1 Å². The van der Waals surface area contributed by atoms with Crippen LogP contribution in [0.4, 0.5) is 13.2 Å². The van der Waals surface area contributed by atoms with Gasteiger partial charge in [-0.15, -0.1) is 0 Å². The summed E-state index contributed by atoms with van der Waals surface area (Å²) in [5.41, 5.74) is 4.16. The molecule has 168 valence electrons. The van der Waals surface area contributed by atoms with Crippen molar-refractivity contribution >= 4 is 27.4 Å². The van der Waals surface area contributed by atoms with Gasteiger partial charge in [-0.25, -0.2) is 8.42 Å². The van der Waals surface area contributed by atoms with Gasteiger partial charge in [0.25, 0.3) is 0 Å². The van der Waals surface area contributed by atoms with Crippen LogP contribution in [-0.4, -0.2) is 39.0 Å². The number of hydrogen-bond donors (Lipinski definition) is 2. The third-order valence-corrected chi connectivity index (χ3v) is 7.44. The molecule has 1 heterocycles. The molecule has 2 aromatic carbocycles. The average molecular weight is 476 g/mol. The number of benzene rings is 2. The Morgan fingerprint density at radius 1 is 1.16 bits per heavy atom. The van der Waals surface area contributed by atoms with Crippen molar-refractivity contribution < 1.29 is 26.3 Å². The van der Waals surface area contributed by atoms with Gasteiger partial charge in [0.05, 0.1) is 22.1 Å². The lowest BCUT2D eigenvalue weighted by atomic mass is 9.98. The van der Waals surface area contributed by atoms with Crippen LogP contribution in [0.3, 0.4) is 0 Å². The summed E-state index contributed by atoms with van der Waals surface area (Å²) in [4.78, 5) is 0.318. The zero-order chi connectivity index (χ0) is 22.8. The predicted octanol–water partition coefficient (Wildman–Crippen LogP) is 4.18. The smallest absolute Gasteiger partial charge is 0.417 e. The minimum Gasteiger partial charge on any atom is -0.492 e. The number of guanidine groups is 1. The fourth-order valence-electron chi connectivity index (χ4n) is 3.45. The highest BCUT2D eigenvalue weighted by Gasteiger charge is 2.40. The summed E-state index contributed by atoms with van der Waals surface area (Å²) in [6, 6.07) is 8.37. The normalized spacial score (nSPS) is 15.7. The molecule has 0 aliphatic carbocycles. The predicted molar refractivity (Wildman–Crippen MR) is 110 cm³/mol. The Morgan fingerprint density at radius 3 is 2.39 bits per heavy atom. The van der Waals surface area contributed by atoms with E-state index in [0.717, 1.165) is 12.1 Å². The maximum absolute atomic E-state index is 13.7. The maximum atomic E-state index is 13.7. The molecule has 0 unspecified atom stereocenters. The van der Waals surface area contributed by atoms with Crippen molar-refractivity contribution in [2.24, 2.45) is 11.7 Å². The van der Waals surface area contributed by atoms with Crippen molar-refractivity contribution in [1.29, 1.82) is 5.41 Å². The molecule has 0 saturated carbocycles. The molecule has 2 aromatic rings. The van der Waals surface area contributed by atoms with Gasteiger partial charge in [-0.3, -0.25) is 5.41 Å². The molecule has 3 N–H and O–H groups in total. The van der Waals surface area contributed by atoms with Crippen molar-refractivity contribution in [2.45, 2.75) is 28.8 Å². The molecule has 31 heavy (non-hydrogen) atoms.